The Hall–Kier alpha value is -0.770. The first-order valence-electron chi connectivity index (χ1n) is 2.15. The zero-order valence-electron chi connectivity index (χ0n) is 4.83. The molecule has 0 saturated heterocycles. The lowest BCUT2D eigenvalue weighted by atomic mass is 10.4. The largest absolute Gasteiger partial charge is 0.475 e. The zero-order chi connectivity index (χ0) is 7.28. The van der Waals surface area contributed by atoms with E-state index < -0.39 is 11.8 Å². The van der Waals surface area contributed by atoms with Crippen LogP contribution in [0, 0.1) is 0 Å². The molecule has 0 aliphatic rings. The molecule has 0 saturated carbocycles. The van der Waals surface area contributed by atoms with Gasteiger partial charge in [-0.25, -0.2) is 4.79 Å². The summed E-state index contributed by atoms with van der Waals surface area (Å²) in [4.78, 5) is 20.0. The van der Waals surface area contributed by atoms with Crippen molar-refractivity contribution in [1.29, 1.82) is 0 Å². The molecule has 1 N–H and O–H groups in total. The third kappa shape index (κ3) is 3.78. The number of carboxylic acids is 1. The fraction of sp³-hybridized carbons (Fsp3) is 0.200. The predicted molar refractivity (Wildman–Crippen MR) is 35.3 cm³/mol. The van der Waals surface area contributed by atoms with Crippen LogP contribution in [0.5, 0.6) is 0 Å². The van der Waals surface area contributed by atoms with E-state index in [4.69, 9.17) is 5.11 Å². The maximum atomic E-state index is 10.2. The molecule has 4 heteroatoms. The average molecular weight is 146 g/mol. The highest BCUT2D eigenvalue weighted by Crippen LogP contribution is 1.92. The molecule has 0 amide bonds. The van der Waals surface area contributed by atoms with Gasteiger partial charge < -0.3 is 5.11 Å². The second-order valence-electron chi connectivity index (χ2n) is 1.21. The summed E-state index contributed by atoms with van der Waals surface area (Å²) in [5, 5.41) is 9.43. The van der Waals surface area contributed by atoms with E-state index in [0.29, 0.717) is 0 Å². The van der Waals surface area contributed by atoms with Crippen LogP contribution in [0.2, 0.25) is 0 Å². The number of thioether (sulfide) groups is 1. The number of carbonyl (C=O) groups is 2. The summed E-state index contributed by atoms with van der Waals surface area (Å²) < 4.78 is 0. The van der Waals surface area contributed by atoms with Gasteiger partial charge in [0, 0.05) is 0 Å². The zero-order valence-corrected chi connectivity index (χ0v) is 5.64. The van der Waals surface area contributed by atoms with E-state index in [1.807, 2.05) is 0 Å². The monoisotopic (exact) mass is 146 g/mol. The van der Waals surface area contributed by atoms with E-state index in [2.05, 4.69) is 0 Å². The number of carboxylic acid groups (broad SMARTS) is 1. The van der Waals surface area contributed by atoms with Gasteiger partial charge in [0.15, 0.2) is 0 Å². The Morgan fingerprint density at radius 1 is 1.56 bits per heavy atom. The minimum Gasteiger partial charge on any atom is -0.475 e. The summed E-state index contributed by atoms with van der Waals surface area (Å²) in [6.45, 7) is 0. The summed E-state index contributed by atoms with van der Waals surface area (Å²) in [5.74, 6) is -2.30. The van der Waals surface area contributed by atoms with Gasteiger partial charge in [0.05, 0.1) is 0 Å². The first-order chi connectivity index (χ1) is 4.18. The van der Waals surface area contributed by atoms with Gasteiger partial charge >= 0.3 is 5.97 Å². The molecule has 0 radical (unpaired) electrons. The second kappa shape index (κ2) is 4.14. The van der Waals surface area contributed by atoms with E-state index in [0.717, 1.165) is 6.08 Å². The molecule has 0 aliphatic heterocycles. The number of carbonyl (C=O) groups excluding carboxylic acids is 1. The van der Waals surface area contributed by atoms with Gasteiger partial charge in [0.1, 0.15) is 0 Å². The van der Waals surface area contributed by atoms with Crippen molar-refractivity contribution in [2.75, 3.05) is 6.26 Å². The number of aliphatic carboxylic acids is 1. The normalized spacial score (nSPS) is 9.89. The van der Waals surface area contributed by atoms with Crippen LogP contribution in [0.15, 0.2) is 11.5 Å². The smallest absolute Gasteiger partial charge is 0.376 e. The summed E-state index contributed by atoms with van der Waals surface area (Å²) in [6.07, 6.45) is 2.76. The molecular formula is C5H6O3S. The van der Waals surface area contributed by atoms with Crippen LogP contribution < -0.4 is 0 Å². The topological polar surface area (TPSA) is 54.4 Å². The molecule has 0 spiro atoms. The van der Waals surface area contributed by atoms with Crippen molar-refractivity contribution in [2.45, 2.75) is 0 Å². The lowest BCUT2D eigenvalue weighted by Gasteiger charge is -1.80. The van der Waals surface area contributed by atoms with Crippen LogP contribution in [0.1, 0.15) is 0 Å². The number of ketones is 1. The maximum Gasteiger partial charge on any atom is 0.376 e. The summed E-state index contributed by atoms with van der Waals surface area (Å²) in [5.41, 5.74) is 0. The van der Waals surface area contributed by atoms with Gasteiger partial charge in [-0.1, -0.05) is 0 Å². The van der Waals surface area contributed by atoms with Crippen molar-refractivity contribution >= 4 is 23.5 Å². The molecule has 9 heavy (non-hydrogen) atoms. The van der Waals surface area contributed by atoms with Crippen molar-refractivity contribution in [3.8, 4) is 0 Å². The van der Waals surface area contributed by atoms with Crippen molar-refractivity contribution in [2.24, 2.45) is 0 Å². The van der Waals surface area contributed by atoms with E-state index in [1.165, 1.54) is 17.2 Å². The van der Waals surface area contributed by atoms with E-state index in [9.17, 15) is 9.59 Å². The summed E-state index contributed by atoms with van der Waals surface area (Å²) in [7, 11) is 0. The number of hydrogen-bond donors (Lipinski definition) is 1. The van der Waals surface area contributed by atoms with E-state index in [-0.39, 0.29) is 0 Å². The molecular weight excluding hydrogens is 140 g/mol. The molecule has 0 aromatic rings. The first-order valence-corrected chi connectivity index (χ1v) is 3.44. The lowest BCUT2D eigenvalue weighted by Crippen LogP contribution is -2.07. The SMILES string of the molecule is CSC=CC(=O)C(=O)O. The molecule has 0 unspecified atom stereocenters. The minimum atomic E-state index is -1.42. The highest BCUT2D eigenvalue weighted by Gasteiger charge is 2.04. The molecule has 50 valence electrons. The second-order valence-corrected chi connectivity index (χ2v) is 1.95. The number of rotatable bonds is 3. The standard InChI is InChI=1S/C5H6O3S/c1-9-3-2-4(6)5(7)8/h2-3H,1H3,(H,7,8). The molecule has 0 rings (SSSR count). The molecule has 0 atom stereocenters. The molecule has 0 aliphatic carbocycles. The fourth-order valence-corrected chi connectivity index (χ4v) is 0.461. The molecule has 0 heterocycles. The predicted octanol–water partition coefficient (Wildman–Crippen LogP) is 0.517. The van der Waals surface area contributed by atoms with Crippen LogP contribution in [0.25, 0.3) is 0 Å². The molecule has 0 bridgehead atoms. The Kier molecular flexibility index (Phi) is 3.79. The lowest BCUT2D eigenvalue weighted by molar-refractivity contribution is -0.146. The summed E-state index contributed by atoms with van der Waals surface area (Å²) >= 11 is 1.28. The van der Waals surface area contributed by atoms with Crippen molar-refractivity contribution < 1.29 is 14.7 Å². The molecule has 0 fully saturated rings. The van der Waals surface area contributed by atoms with Crippen LogP contribution in [-0.2, 0) is 9.59 Å². The van der Waals surface area contributed by atoms with Gasteiger partial charge in [-0.3, -0.25) is 4.79 Å². The third-order valence-corrected chi connectivity index (χ3v) is 0.975. The van der Waals surface area contributed by atoms with Crippen LogP contribution in [0.4, 0.5) is 0 Å². The molecule has 0 aromatic carbocycles. The van der Waals surface area contributed by atoms with Gasteiger partial charge in [-0.2, -0.15) is 0 Å². The average Bonchev–Trinajstić information content (AvgIpc) is 1.82. The van der Waals surface area contributed by atoms with Gasteiger partial charge in [0.2, 0.25) is 0 Å². The van der Waals surface area contributed by atoms with E-state index in [1.54, 1.807) is 6.26 Å². The van der Waals surface area contributed by atoms with Gasteiger partial charge in [-0.15, -0.1) is 11.8 Å². The van der Waals surface area contributed by atoms with Crippen molar-refractivity contribution in [3.05, 3.63) is 11.5 Å². The third-order valence-electron chi connectivity index (χ3n) is 0.566. The first kappa shape index (κ1) is 8.23. The summed E-state index contributed by atoms with van der Waals surface area (Å²) in [6, 6.07) is 0. The highest BCUT2D eigenvalue weighted by atomic mass is 32.2. The molecule has 3 nitrogen and oxygen atoms in total. The van der Waals surface area contributed by atoms with E-state index >= 15 is 0 Å². The van der Waals surface area contributed by atoms with Crippen LogP contribution in [-0.4, -0.2) is 23.1 Å². The van der Waals surface area contributed by atoms with Crippen LogP contribution >= 0.6 is 11.8 Å². The number of hydrogen-bond acceptors (Lipinski definition) is 3. The van der Waals surface area contributed by atoms with Crippen molar-refractivity contribution in [1.82, 2.24) is 0 Å². The Morgan fingerprint density at radius 3 is 2.44 bits per heavy atom. The van der Waals surface area contributed by atoms with Crippen molar-refractivity contribution in [3.63, 3.8) is 0 Å². The van der Waals surface area contributed by atoms with Gasteiger partial charge in [-0.05, 0) is 17.7 Å². The van der Waals surface area contributed by atoms with Gasteiger partial charge in [0.25, 0.3) is 5.78 Å². The Labute approximate surface area is 56.7 Å². The quantitative estimate of drug-likeness (QED) is 0.465. The molecule has 0 aromatic heterocycles. The Morgan fingerprint density at radius 2 is 2.11 bits per heavy atom. The minimum absolute atomic E-state index is 0.885. The Bertz CT molecular complexity index is 150. The van der Waals surface area contributed by atoms with Crippen LogP contribution in [0.3, 0.4) is 0 Å². The maximum absolute atomic E-state index is 10.2. The highest BCUT2D eigenvalue weighted by molar-refractivity contribution is 8.01. The Balaban J connectivity index is 3.77. The fourth-order valence-electron chi connectivity index (χ4n) is 0.201.